The molecule has 0 bridgehead atoms. The minimum Gasteiger partial charge on any atom is -0.506 e. The van der Waals surface area contributed by atoms with E-state index in [0.717, 1.165) is 0 Å². The monoisotopic (exact) mass is 323 g/mol. The zero-order valence-electron chi connectivity index (χ0n) is 13.1. The quantitative estimate of drug-likeness (QED) is 0.735. The summed E-state index contributed by atoms with van der Waals surface area (Å²) in [7, 11) is 0. The maximum absolute atomic E-state index is 12.0. The van der Waals surface area contributed by atoms with Gasteiger partial charge in [-0.1, -0.05) is 18.2 Å². The normalized spacial score (nSPS) is 11.2. The Balaban J connectivity index is 1.93. The summed E-state index contributed by atoms with van der Waals surface area (Å²) in [5, 5.41) is 23.8. The molecule has 0 saturated carbocycles. The molecule has 0 heterocycles. The SMILES string of the molecule is CC(CC(=O)Nc1cc(C#N)ccc1O)NC(=O)c1ccccc1. The molecule has 0 radical (unpaired) electrons. The van der Waals surface area contributed by atoms with E-state index in [2.05, 4.69) is 10.6 Å². The highest BCUT2D eigenvalue weighted by Crippen LogP contribution is 2.24. The first-order valence-electron chi connectivity index (χ1n) is 7.38. The molecule has 0 aliphatic heterocycles. The van der Waals surface area contributed by atoms with Gasteiger partial charge in [0.15, 0.2) is 0 Å². The maximum Gasteiger partial charge on any atom is 0.251 e. The van der Waals surface area contributed by atoms with Crippen molar-refractivity contribution in [2.45, 2.75) is 19.4 Å². The van der Waals surface area contributed by atoms with E-state index in [-0.39, 0.29) is 35.7 Å². The van der Waals surface area contributed by atoms with Gasteiger partial charge in [-0.05, 0) is 37.3 Å². The molecule has 6 nitrogen and oxygen atoms in total. The summed E-state index contributed by atoms with van der Waals surface area (Å²) in [4.78, 5) is 24.0. The lowest BCUT2D eigenvalue weighted by atomic mass is 10.1. The highest BCUT2D eigenvalue weighted by Gasteiger charge is 2.14. The number of phenolic OH excluding ortho intramolecular Hbond substituents is 1. The van der Waals surface area contributed by atoms with Crippen LogP contribution in [0.15, 0.2) is 48.5 Å². The summed E-state index contributed by atoms with van der Waals surface area (Å²) in [5.41, 5.74) is 1.01. The minimum atomic E-state index is -0.390. The lowest BCUT2D eigenvalue weighted by molar-refractivity contribution is -0.116. The fourth-order valence-corrected chi connectivity index (χ4v) is 2.13. The molecule has 3 N–H and O–H groups in total. The first kappa shape index (κ1) is 17.0. The van der Waals surface area contributed by atoms with Gasteiger partial charge in [0.2, 0.25) is 5.91 Å². The van der Waals surface area contributed by atoms with Crippen LogP contribution in [0.3, 0.4) is 0 Å². The molecule has 24 heavy (non-hydrogen) atoms. The highest BCUT2D eigenvalue weighted by atomic mass is 16.3. The summed E-state index contributed by atoms with van der Waals surface area (Å²) >= 11 is 0. The Morgan fingerprint density at radius 3 is 2.58 bits per heavy atom. The smallest absolute Gasteiger partial charge is 0.251 e. The molecule has 2 aromatic carbocycles. The Hall–Kier alpha value is -3.33. The van der Waals surface area contributed by atoms with Crippen LogP contribution in [0.4, 0.5) is 5.69 Å². The first-order valence-corrected chi connectivity index (χ1v) is 7.38. The van der Waals surface area contributed by atoms with Crippen molar-refractivity contribution in [3.63, 3.8) is 0 Å². The van der Waals surface area contributed by atoms with Crippen molar-refractivity contribution in [3.05, 3.63) is 59.7 Å². The number of carbonyl (C=O) groups is 2. The van der Waals surface area contributed by atoms with E-state index < -0.39 is 0 Å². The van der Waals surface area contributed by atoms with Crippen LogP contribution in [0.5, 0.6) is 5.75 Å². The first-order chi connectivity index (χ1) is 11.5. The number of nitrogens with zero attached hydrogens (tertiary/aromatic N) is 1. The Kier molecular flexibility index (Phi) is 5.53. The van der Waals surface area contributed by atoms with Crippen molar-refractivity contribution in [1.82, 2.24) is 5.32 Å². The predicted octanol–water partition coefficient (Wildman–Crippen LogP) is 2.41. The number of amides is 2. The molecule has 6 heteroatoms. The number of nitrogens with one attached hydrogen (secondary N) is 2. The molecule has 0 aromatic heterocycles. The molecule has 2 amide bonds. The third-order valence-corrected chi connectivity index (χ3v) is 3.30. The number of hydrogen-bond acceptors (Lipinski definition) is 4. The summed E-state index contributed by atoms with van der Waals surface area (Å²) in [5.74, 6) is -0.755. The lowest BCUT2D eigenvalue weighted by Crippen LogP contribution is -2.35. The fraction of sp³-hybridized carbons (Fsp3) is 0.167. The molecule has 0 fully saturated rings. The van der Waals surface area contributed by atoms with E-state index in [1.165, 1.54) is 18.2 Å². The van der Waals surface area contributed by atoms with Gasteiger partial charge in [-0.15, -0.1) is 0 Å². The number of nitriles is 1. The fourth-order valence-electron chi connectivity index (χ4n) is 2.13. The van der Waals surface area contributed by atoms with Gasteiger partial charge in [-0.2, -0.15) is 5.26 Å². The Labute approximate surface area is 139 Å². The van der Waals surface area contributed by atoms with Crippen LogP contribution in [-0.4, -0.2) is 23.0 Å². The van der Waals surface area contributed by atoms with Crippen molar-refractivity contribution < 1.29 is 14.7 Å². The van der Waals surface area contributed by atoms with Crippen LogP contribution in [0.1, 0.15) is 29.3 Å². The Morgan fingerprint density at radius 1 is 1.21 bits per heavy atom. The van der Waals surface area contributed by atoms with Gasteiger partial charge in [0.1, 0.15) is 5.75 Å². The van der Waals surface area contributed by atoms with Crippen LogP contribution in [0, 0.1) is 11.3 Å². The number of anilines is 1. The van der Waals surface area contributed by atoms with Crippen molar-refractivity contribution in [2.24, 2.45) is 0 Å². The number of hydrogen-bond donors (Lipinski definition) is 3. The van der Waals surface area contributed by atoms with E-state index in [9.17, 15) is 14.7 Å². The van der Waals surface area contributed by atoms with E-state index in [1.54, 1.807) is 31.2 Å². The largest absolute Gasteiger partial charge is 0.506 e. The van der Waals surface area contributed by atoms with Crippen molar-refractivity contribution in [1.29, 1.82) is 5.26 Å². The molecule has 2 rings (SSSR count). The average Bonchev–Trinajstić information content (AvgIpc) is 2.57. The average molecular weight is 323 g/mol. The molecule has 0 spiro atoms. The highest BCUT2D eigenvalue weighted by molar-refractivity contribution is 5.96. The van der Waals surface area contributed by atoms with Gasteiger partial charge in [0, 0.05) is 18.0 Å². The summed E-state index contributed by atoms with van der Waals surface area (Å²) in [6, 6.07) is 14.4. The van der Waals surface area contributed by atoms with Gasteiger partial charge in [0.25, 0.3) is 5.91 Å². The Morgan fingerprint density at radius 2 is 1.92 bits per heavy atom. The van der Waals surface area contributed by atoms with E-state index >= 15 is 0 Å². The lowest BCUT2D eigenvalue weighted by Gasteiger charge is -2.14. The minimum absolute atomic E-state index is 0.0365. The molecule has 0 aliphatic carbocycles. The number of rotatable bonds is 5. The second kappa shape index (κ2) is 7.79. The summed E-state index contributed by atoms with van der Waals surface area (Å²) in [6.45, 7) is 1.71. The zero-order chi connectivity index (χ0) is 17.5. The third-order valence-electron chi connectivity index (χ3n) is 3.30. The van der Waals surface area contributed by atoms with E-state index in [0.29, 0.717) is 11.1 Å². The van der Waals surface area contributed by atoms with Crippen LogP contribution < -0.4 is 10.6 Å². The summed E-state index contributed by atoms with van der Waals surface area (Å²) < 4.78 is 0. The molecule has 2 aromatic rings. The van der Waals surface area contributed by atoms with Crippen molar-refractivity contribution in [2.75, 3.05) is 5.32 Å². The van der Waals surface area contributed by atoms with Gasteiger partial charge >= 0.3 is 0 Å². The number of carbonyl (C=O) groups excluding carboxylic acids is 2. The molecular weight excluding hydrogens is 306 g/mol. The topological polar surface area (TPSA) is 102 Å². The van der Waals surface area contributed by atoms with Gasteiger partial charge in [0.05, 0.1) is 17.3 Å². The predicted molar refractivity (Wildman–Crippen MR) is 89.4 cm³/mol. The second-order valence-electron chi connectivity index (χ2n) is 5.34. The van der Waals surface area contributed by atoms with Crippen LogP contribution in [0.25, 0.3) is 0 Å². The number of aromatic hydroxyl groups is 1. The van der Waals surface area contributed by atoms with Crippen LogP contribution >= 0.6 is 0 Å². The van der Waals surface area contributed by atoms with Crippen LogP contribution in [0.2, 0.25) is 0 Å². The maximum atomic E-state index is 12.0. The number of phenols is 1. The zero-order valence-corrected chi connectivity index (χ0v) is 13.1. The molecule has 0 aliphatic rings. The molecule has 122 valence electrons. The van der Waals surface area contributed by atoms with Crippen molar-refractivity contribution in [3.8, 4) is 11.8 Å². The molecule has 1 atom stereocenters. The van der Waals surface area contributed by atoms with Crippen LogP contribution in [-0.2, 0) is 4.79 Å². The van der Waals surface area contributed by atoms with E-state index in [4.69, 9.17) is 5.26 Å². The molecule has 0 saturated heterocycles. The second-order valence-corrected chi connectivity index (χ2v) is 5.34. The van der Waals surface area contributed by atoms with Gasteiger partial charge < -0.3 is 15.7 Å². The third kappa shape index (κ3) is 4.58. The van der Waals surface area contributed by atoms with Crippen molar-refractivity contribution >= 4 is 17.5 Å². The van der Waals surface area contributed by atoms with E-state index in [1.807, 2.05) is 12.1 Å². The standard InChI is InChI=1S/C18H17N3O3/c1-12(20-18(24)14-5-3-2-4-6-14)9-17(23)21-15-10-13(11-19)7-8-16(15)22/h2-8,10,12,22H,9H2,1H3,(H,20,24)(H,21,23). The Bertz CT molecular complexity index is 782. The summed E-state index contributed by atoms with van der Waals surface area (Å²) in [6.07, 6.45) is 0.0365. The molecule has 1 unspecified atom stereocenters. The number of benzene rings is 2. The van der Waals surface area contributed by atoms with Gasteiger partial charge in [-0.3, -0.25) is 9.59 Å². The molecular formula is C18H17N3O3. The van der Waals surface area contributed by atoms with Gasteiger partial charge in [-0.25, -0.2) is 0 Å².